The minimum absolute atomic E-state index is 0. The van der Waals surface area contributed by atoms with Crippen LogP contribution in [0.1, 0.15) is 0 Å². The summed E-state index contributed by atoms with van der Waals surface area (Å²) in [6.45, 7) is 0. The molecule has 0 heterocycles. The minimum Gasteiger partial charge on any atom is 0 e. The molecule has 0 amide bonds. The van der Waals surface area contributed by atoms with Crippen LogP contribution >= 0.6 is 0 Å². The Bertz CT molecular complexity index is 8.00. The molecule has 4 heavy (non-hydrogen) atoms. The zero-order valence-corrected chi connectivity index (χ0v) is 6.57. The second-order valence-corrected chi connectivity index (χ2v) is 0. The first-order valence-corrected chi connectivity index (χ1v) is 1.08. The number of rotatable bonds is 0. The predicted molar refractivity (Wildman–Crippen MR) is 0.686 cm³/mol. The first-order chi connectivity index (χ1) is 1.00. The van der Waals surface area contributed by atoms with Gasteiger partial charge in [0.2, 0.25) is 0 Å². The standard InChI is InChI=1S/Fe.Nb.O.Ti. The van der Waals surface area contributed by atoms with E-state index in [-0.39, 0.29) is 38.8 Å². The van der Waals surface area contributed by atoms with E-state index < -0.39 is 0 Å². The molecule has 0 saturated carbocycles. The molecule has 0 aliphatic heterocycles. The second kappa shape index (κ2) is 21.6. The van der Waals surface area contributed by atoms with Gasteiger partial charge in [0.1, 0.15) is 0 Å². The first kappa shape index (κ1) is 17.1. The van der Waals surface area contributed by atoms with Gasteiger partial charge in [-0.1, -0.05) is 0 Å². The van der Waals surface area contributed by atoms with Gasteiger partial charge in [-0.15, -0.1) is 0 Å². The third-order valence-corrected chi connectivity index (χ3v) is 0. The van der Waals surface area contributed by atoms with E-state index in [1.807, 2.05) is 0 Å². The summed E-state index contributed by atoms with van der Waals surface area (Å²) in [7, 11) is 0. The summed E-state index contributed by atoms with van der Waals surface area (Å²) in [6, 6.07) is 0. The van der Waals surface area contributed by atoms with Gasteiger partial charge in [-0.05, 0) is 0 Å². The predicted octanol–water partition coefficient (Wildman–Crippen LogP) is -0.126. The molecular weight excluding hydrogens is 213 g/mol. The average molecular weight is 213 g/mol. The Morgan fingerprint density at radius 1 is 1.25 bits per heavy atom. The molecule has 0 rings (SSSR count). The second-order valence-electron chi connectivity index (χ2n) is 0. The van der Waals surface area contributed by atoms with Gasteiger partial charge < -0.3 is 0 Å². The monoisotopic (exact) mass is 213 g/mol. The van der Waals surface area contributed by atoms with Crippen molar-refractivity contribution in [3.05, 3.63) is 0 Å². The average Bonchev–Trinajstić information content (AvgIpc) is 1.00. The van der Waals surface area contributed by atoms with Gasteiger partial charge >= 0.3 is 24.3 Å². The van der Waals surface area contributed by atoms with Crippen molar-refractivity contribution in [2.45, 2.75) is 0 Å². The number of hydrogen-bond acceptors (Lipinski definition) is 1. The molecule has 0 aromatic heterocycles. The zero-order valence-electron chi connectivity index (χ0n) is 1.71. The largest absolute Gasteiger partial charge is 0 e. The molecule has 0 aromatic rings. The van der Waals surface area contributed by atoms with Crippen LogP contribution in [-0.4, -0.2) is 0 Å². The maximum absolute atomic E-state index is 8.30. The molecule has 0 spiro atoms. The Morgan fingerprint density at radius 3 is 1.25 bits per heavy atom. The summed E-state index contributed by atoms with van der Waals surface area (Å²) in [4.78, 5) is 0. The van der Waals surface area contributed by atoms with Crippen LogP contribution in [0, 0.1) is 0 Å². The molecule has 0 aliphatic rings. The third-order valence-electron chi connectivity index (χ3n) is 0. The summed E-state index contributed by atoms with van der Waals surface area (Å²) >= 11 is 0.500. The topological polar surface area (TPSA) is 17.1 Å². The molecule has 4 heteroatoms. The summed E-state index contributed by atoms with van der Waals surface area (Å²) in [5, 5.41) is 0. The fourth-order valence-electron chi connectivity index (χ4n) is 0. The smallest absolute Gasteiger partial charge is 0 e. The fraction of sp³-hybridized carbons (Fsp3) is 0. The summed E-state index contributed by atoms with van der Waals surface area (Å²) in [6.07, 6.45) is 0. The van der Waals surface area contributed by atoms with Crippen molar-refractivity contribution in [2.75, 3.05) is 0 Å². The van der Waals surface area contributed by atoms with E-state index in [0.717, 1.165) is 0 Å². The molecule has 0 saturated heterocycles. The van der Waals surface area contributed by atoms with Crippen molar-refractivity contribution in [3.8, 4) is 0 Å². The van der Waals surface area contributed by atoms with Crippen molar-refractivity contribution in [2.24, 2.45) is 0 Å². The molecule has 23 valence electrons. The van der Waals surface area contributed by atoms with E-state index >= 15 is 0 Å². The van der Waals surface area contributed by atoms with Crippen LogP contribution in [-0.2, 0) is 63.1 Å². The Labute approximate surface area is 62.5 Å². The fourth-order valence-corrected chi connectivity index (χ4v) is 0. The van der Waals surface area contributed by atoms with Crippen molar-refractivity contribution in [1.82, 2.24) is 0 Å². The Balaban J connectivity index is -0.00000000500. The van der Waals surface area contributed by atoms with Crippen LogP contribution < -0.4 is 0 Å². The molecule has 0 atom stereocenters. The third kappa shape index (κ3) is 9.23. The Hall–Kier alpha value is 1.77. The molecule has 0 bridgehead atoms. The summed E-state index contributed by atoms with van der Waals surface area (Å²) < 4.78 is 8.30. The van der Waals surface area contributed by atoms with Gasteiger partial charge in [0.25, 0.3) is 0 Å². The SMILES string of the molecule is [Fe].[O]=[Nb].[Ti]. The van der Waals surface area contributed by atoms with Crippen LogP contribution in [0.2, 0.25) is 0 Å². The van der Waals surface area contributed by atoms with Crippen molar-refractivity contribution >= 4 is 0 Å². The maximum atomic E-state index is 8.30. The van der Waals surface area contributed by atoms with Crippen LogP contribution in [0.25, 0.3) is 0 Å². The first-order valence-electron chi connectivity index (χ1n) is 0.183. The quantitative estimate of drug-likeness (QED) is 0.512. The van der Waals surface area contributed by atoms with E-state index in [1.165, 1.54) is 0 Å². The van der Waals surface area contributed by atoms with Gasteiger partial charge in [0.05, 0.1) is 0 Å². The molecule has 0 radical (unpaired) electrons. The van der Waals surface area contributed by atoms with Gasteiger partial charge in [0.15, 0.2) is 0 Å². The van der Waals surface area contributed by atoms with Crippen LogP contribution in [0.15, 0.2) is 0 Å². The van der Waals surface area contributed by atoms with Gasteiger partial charge in [-0.25, -0.2) is 0 Å². The number of hydrogen-bond donors (Lipinski definition) is 0. The van der Waals surface area contributed by atoms with E-state index in [4.69, 9.17) is 3.25 Å². The van der Waals surface area contributed by atoms with Gasteiger partial charge in [0, 0.05) is 38.8 Å². The summed E-state index contributed by atoms with van der Waals surface area (Å²) in [5.74, 6) is 0. The molecule has 1 nitrogen and oxygen atoms in total. The maximum Gasteiger partial charge on any atom is 0 e. The molecular formula is FeNbOTi. The van der Waals surface area contributed by atoms with Crippen molar-refractivity contribution in [3.63, 3.8) is 0 Å². The Morgan fingerprint density at radius 2 is 1.25 bits per heavy atom. The zero-order chi connectivity index (χ0) is 2.00. The van der Waals surface area contributed by atoms with E-state index in [0.29, 0.717) is 21.0 Å². The molecule has 0 aliphatic carbocycles. The molecule has 0 unspecified atom stereocenters. The minimum atomic E-state index is 0. The summed E-state index contributed by atoms with van der Waals surface area (Å²) in [5.41, 5.74) is 0. The van der Waals surface area contributed by atoms with Crippen LogP contribution in [0.4, 0.5) is 0 Å². The van der Waals surface area contributed by atoms with E-state index in [1.54, 1.807) is 0 Å². The Kier molecular flexibility index (Phi) is 92.4. The molecule has 0 N–H and O–H groups in total. The van der Waals surface area contributed by atoms with Crippen molar-refractivity contribution in [1.29, 1.82) is 0 Å². The van der Waals surface area contributed by atoms with Crippen LogP contribution in [0.5, 0.6) is 0 Å². The van der Waals surface area contributed by atoms with E-state index in [2.05, 4.69) is 0 Å². The van der Waals surface area contributed by atoms with Crippen LogP contribution in [0.3, 0.4) is 0 Å². The van der Waals surface area contributed by atoms with Gasteiger partial charge in [-0.3, -0.25) is 0 Å². The normalized spacial score (nSPS) is 0.750. The molecule has 0 fully saturated rings. The van der Waals surface area contributed by atoms with E-state index in [9.17, 15) is 0 Å². The van der Waals surface area contributed by atoms with Gasteiger partial charge in [-0.2, -0.15) is 0 Å². The van der Waals surface area contributed by atoms with Crippen molar-refractivity contribution < 1.29 is 63.1 Å². The molecule has 0 aromatic carbocycles.